The van der Waals surface area contributed by atoms with Crippen LogP contribution in [0.4, 0.5) is 15.0 Å². The summed E-state index contributed by atoms with van der Waals surface area (Å²) in [6.45, 7) is 6.90. The summed E-state index contributed by atoms with van der Waals surface area (Å²) in [5.74, 6) is 0.730. The number of carbonyl (C=O) groups is 1. The van der Waals surface area contributed by atoms with Crippen LogP contribution in [0.3, 0.4) is 0 Å². The average Bonchev–Trinajstić information content (AvgIpc) is 2.94. The fraction of sp³-hybridized carbons (Fsp3) is 0.706. The Hall–Kier alpha value is -1.63. The molecular weight excluding hydrogens is 347 g/mol. The maximum atomic E-state index is 13.4. The molecule has 1 aliphatic carbocycles. The Bertz CT molecular complexity index is 616. The number of aromatic nitrogens is 2. The fourth-order valence-corrected chi connectivity index (χ4v) is 3.41. The van der Waals surface area contributed by atoms with E-state index in [0.29, 0.717) is 24.5 Å². The van der Waals surface area contributed by atoms with Crippen LogP contribution in [0.2, 0.25) is 5.15 Å². The van der Waals surface area contributed by atoms with Crippen molar-refractivity contribution in [2.45, 2.75) is 63.9 Å². The number of rotatable bonds is 3. The molecule has 8 heteroatoms. The lowest BCUT2D eigenvalue weighted by Gasteiger charge is -2.43. The third kappa shape index (κ3) is 4.32. The molecule has 1 aliphatic heterocycles. The molecular formula is C17H24ClFN4O2. The van der Waals surface area contributed by atoms with E-state index in [2.05, 4.69) is 15.1 Å². The second-order valence-corrected chi connectivity index (χ2v) is 8.10. The van der Waals surface area contributed by atoms with Crippen molar-refractivity contribution in [1.29, 1.82) is 0 Å². The Morgan fingerprint density at radius 3 is 2.60 bits per heavy atom. The van der Waals surface area contributed by atoms with Crippen molar-refractivity contribution < 1.29 is 13.9 Å². The van der Waals surface area contributed by atoms with Gasteiger partial charge in [-0.15, -0.1) is 10.2 Å². The Morgan fingerprint density at radius 1 is 1.32 bits per heavy atom. The maximum Gasteiger partial charge on any atom is 0.410 e. The highest BCUT2D eigenvalue weighted by Crippen LogP contribution is 2.34. The molecule has 0 bridgehead atoms. The number of nitrogens with zero attached hydrogens (tertiary/aromatic N) is 4. The van der Waals surface area contributed by atoms with E-state index in [1.165, 1.54) is 0 Å². The minimum Gasteiger partial charge on any atom is -0.444 e. The number of hydrogen-bond acceptors (Lipinski definition) is 5. The van der Waals surface area contributed by atoms with Gasteiger partial charge in [-0.1, -0.05) is 11.6 Å². The van der Waals surface area contributed by atoms with E-state index < -0.39 is 11.8 Å². The summed E-state index contributed by atoms with van der Waals surface area (Å²) in [4.78, 5) is 16.5. The number of alkyl halides is 1. The predicted octanol–water partition coefficient (Wildman–Crippen LogP) is 3.45. The molecule has 1 atom stereocenters. The quantitative estimate of drug-likeness (QED) is 0.815. The summed E-state index contributed by atoms with van der Waals surface area (Å²) < 4.78 is 18.9. The van der Waals surface area contributed by atoms with Gasteiger partial charge in [-0.05, 0) is 52.2 Å². The SMILES string of the molecule is CC(C)(C)OC(=O)N(C1CCN(c2ccc(Cl)nn2)C1)[C@H]1C[C@@H](F)C1. The number of hydrogen-bond donors (Lipinski definition) is 0. The highest BCUT2D eigenvalue weighted by Gasteiger charge is 2.43. The summed E-state index contributed by atoms with van der Waals surface area (Å²) in [5.41, 5.74) is -0.575. The third-order valence-corrected chi connectivity index (χ3v) is 4.75. The number of amides is 1. The lowest BCUT2D eigenvalue weighted by atomic mass is 9.88. The molecule has 1 aromatic heterocycles. The average molecular weight is 371 g/mol. The molecule has 2 aliphatic rings. The van der Waals surface area contributed by atoms with Crippen molar-refractivity contribution in [3.8, 4) is 0 Å². The van der Waals surface area contributed by atoms with Crippen molar-refractivity contribution >= 4 is 23.5 Å². The van der Waals surface area contributed by atoms with Crippen LogP contribution in [0.5, 0.6) is 0 Å². The Balaban J connectivity index is 1.71. The van der Waals surface area contributed by atoms with Crippen LogP contribution in [0, 0.1) is 0 Å². The first-order chi connectivity index (χ1) is 11.7. The molecule has 0 spiro atoms. The van der Waals surface area contributed by atoms with E-state index in [1.54, 1.807) is 11.0 Å². The van der Waals surface area contributed by atoms with E-state index in [4.69, 9.17) is 16.3 Å². The maximum absolute atomic E-state index is 13.4. The molecule has 2 fully saturated rings. The van der Waals surface area contributed by atoms with Crippen molar-refractivity contribution in [2.75, 3.05) is 18.0 Å². The van der Waals surface area contributed by atoms with Gasteiger partial charge in [-0.25, -0.2) is 9.18 Å². The first-order valence-corrected chi connectivity index (χ1v) is 9.00. The van der Waals surface area contributed by atoms with Crippen LogP contribution < -0.4 is 4.90 Å². The van der Waals surface area contributed by atoms with Crippen LogP contribution in [0.25, 0.3) is 0 Å². The number of halogens is 2. The molecule has 0 radical (unpaired) electrons. The number of carbonyl (C=O) groups excluding carboxylic acids is 1. The largest absolute Gasteiger partial charge is 0.444 e. The zero-order valence-electron chi connectivity index (χ0n) is 14.8. The van der Waals surface area contributed by atoms with Gasteiger partial charge in [-0.3, -0.25) is 0 Å². The second-order valence-electron chi connectivity index (χ2n) is 7.71. The van der Waals surface area contributed by atoms with E-state index in [-0.39, 0.29) is 18.2 Å². The molecule has 1 unspecified atom stereocenters. The second kappa shape index (κ2) is 6.94. The lowest BCUT2D eigenvalue weighted by Crippen LogP contribution is -2.55. The molecule has 1 saturated carbocycles. The molecule has 25 heavy (non-hydrogen) atoms. The highest BCUT2D eigenvalue weighted by atomic mass is 35.5. The van der Waals surface area contributed by atoms with Crippen molar-refractivity contribution in [2.24, 2.45) is 0 Å². The van der Waals surface area contributed by atoms with Gasteiger partial charge in [0, 0.05) is 19.1 Å². The van der Waals surface area contributed by atoms with E-state index in [1.807, 2.05) is 26.8 Å². The van der Waals surface area contributed by atoms with Crippen LogP contribution in [-0.2, 0) is 4.74 Å². The molecule has 0 N–H and O–H groups in total. The Morgan fingerprint density at radius 2 is 2.04 bits per heavy atom. The fourth-order valence-electron chi connectivity index (χ4n) is 3.31. The van der Waals surface area contributed by atoms with Gasteiger partial charge in [0.15, 0.2) is 11.0 Å². The Labute approximate surface area is 152 Å². The molecule has 2 heterocycles. The van der Waals surface area contributed by atoms with Crippen LogP contribution in [-0.4, -0.2) is 58.1 Å². The van der Waals surface area contributed by atoms with Crippen LogP contribution in [0.1, 0.15) is 40.0 Å². The van der Waals surface area contributed by atoms with E-state index >= 15 is 0 Å². The van der Waals surface area contributed by atoms with E-state index in [0.717, 1.165) is 18.8 Å². The van der Waals surface area contributed by atoms with Crippen LogP contribution in [0.15, 0.2) is 12.1 Å². The number of anilines is 1. The lowest BCUT2D eigenvalue weighted by molar-refractivity contribution is -0.0177. The highest BCUT2D eigenvalue weighted by molar-refractivity contribution is 6.29. The first-order valence-electron chi connectivity index (χ1n) is 8.62. The third-order valence-electron chi connectivity index (χ3n) is 4.55. The van der Waals surface area contributed by atoms with E-state index in [9.17, 15) is 9.18 Å². The molecule has 3 rings (SSSR count). The summed E-state index contributed by atoms with van der Waals surface area (Å²) >= 11 is 5.79. The molecule has 0 aromatic carbocycles. The minimum atomic E-state index is -0.824. The molecule has 1 amide bonds. The van der Waals surface area contributed by atoms with Crippen molar-refractivity contribution in [1.82, 2.24) is 15.1 Å². The zero-order valence-corrected chi connectivity index (χ0v) is 15.5. The molecule has 138 valence electrons. The zero-order chi connectivity index (χ0) is 18.2. The Kier molecular flexibility index (Phi) is 5.04. The first kappa shape index (κ1) is 18.2. The van der Waals surface area contributed by atoms with Gasteiger partial charge in [0.25, 0.3) is 0 Å². The summed E-state index contributed by atoms with van der Waals surface area (Å²) in [7, 11) is 0. The molecule has 6 nitrogen and oxygen atoms in total. The van der Waals surface area contributed by atoms with Gasteiger partial charge >= 0.3 is 6.09 Å². The van der Waals surface area contributed by atoms with Gasteiger partial charge in [-0.2, -0.15) is 0 Å². The normalized spacial score (nSPS) is 26.3. The smallest absolute Gasteiger partial charge is 0.410 e. The monoisotopic (exact) mass is 370 g/mol. The summed E-state index contributed by atoms with van der Waals surface area (Å²) in [6.07, 6.45) is 0.372. The van der Waals surface area contributed by atoms with Crippen molar-refractivity contribution in [3.63, 3.8) is 0 Å². The number of ether oxygens (including phenoxy) is 1. The van der Waals surface area contributed by atoms with Gasteiger partial charge < -0.3 is 14.5 Å². The standard InChI is InChI=1S/C17H24ClFN4O2/c1-17(2,3)25-16(24)23(13-8-11(19)9-13)12-6-7-22(10-12)15-5-4-14(18)20-21-15/h4-5,11-13H,6-10H2,1-3H3/t11-,12?,13+. The molecule has 1 aromatic rings. The molecule has 1 saturated heterocycles. The topological polar surface area (TPSA) is 58.6 Å². The minimum absolute atomic E-state index is 0.0233. The van der Waals surface area contributed by atoms with Gasteiger partial charge in [0.2, 0.25) is 0 Å². The van der Waals surface area contributed by atoms with Crippen LogP contribution >= 0.6 is 11.6 Å². The van der Waals surface area contributed by atoms with Crippen molar-refractivity contribution in [3.05, 3.63) is 17.3 Å². The summed E-state index contributed by atoms with van der Waals surface area (Å²) in [5, 5.41) is 8.31. The summed E-state index contributed by atoms with van der Waals surface area (Å²) in [6, 6.07) is 3.40. The predicted molar refractivity (Wildman–Crippen MR) is 93.7 cm³/mol. The van der Waals surface area contributed by atoms with Gasteiger partial charge in [0.1, 0.15) is 11.8 Å². The van der Waals surface area contributed by atoms with Gasteiger partial charge in [0.05, 0.1) is 6.04 Å².